The number of amidine groups is 1. The highest BCUT2D eigenvalue weighted by atomic mass is 16.7. The molecular weight excluding hydrogens is 208 g/mol. The number of ether oxygens (including phenoxy) is 1. The first-order valence-corrected chi connectivity index (χ1v) is 4.24. The largest absolute Gasteiger partial charge is 0.394 e. The van der Waals surface area contributed by atoms with Crippen LogP contribution >= 0.6 is 0 Å². The van der Waals surface area contributed by atoms with Gasteiger partial charge in [0.1, 0.15) is 24.4 Å². The lowest BCUT2D eigenvalue weighted by atomic mass is 9.92. The topological polar surface area (TPSA) is 160 Å². The molecule has 0 aliphatic carbocycles. The summed E-state index contributed by atoms with van der Waals surface area (Å²) in [6, 6.07) is 0. The highest BCUT2D eigenvalue weighted by Gasteiger charge is 2.54. The van der Waals surface area contributed by atoms with E-state index < -0.39 is 42.6 Å². The zero-order chi connectivity index (χ0) is 11.8. The van der Waals surface area contributed by atoms with Crippen LogP contribution in [0.3, 0.4) is 0 Å². The van der Waals surface area contributed by atoms with Crippen LogP contribution in [0.15, 0.2) is 0 Å². The summed E-state index contributed by atoms with van der Waals surface area (Å²) in [5.41, 5.74) is 4.99. The van der Waals surface area contributed by atoms with Crippen LogP contribution in [0.1, 0.15) is 0 Å². The molecule has 5 atom stereocenters. The third-order valence-corrected chi connectivity index (χ3v) is 2.35. The molecule has 1 aliphatic rings. The molecular formula is C7H14N2O6. The normalized spacial score (nSPS) is 46.5. The van der Waals surface area contributed by atoms with Crippen molar-refractivity contribution in [1.29, 1.82) is 5.41 Å². The number of aliphatic hydroxyl groups is 5. The minimum Gasteiger partial charge on any atom is -0.394 e. The fraction of sp³-hybridized carbons (Fsp3) is 0.857. The second kappa shape index (κ2) is 4.00. The van der Waals surface area contributed by atoms with Crippen molar-refractivity contribution < 1.29 is 30.3 Å². The first kappa shape index (κ1) is 12.3. The molecule has 1 aliphatic heterocycles. The average Bonchev–Trinajstić information content (AvgIpc) is 2.20. The first-order valence-electron chi connectivity index (χ1n) is 4.24. The fourth-order valence-corrected chi connectivity index (χ4v) is 1.38. The van der Waals surface area contributed by atoms with Gasteiger partial charge in [0.25, 0.3) is 5.79 Å². The van der Waals surface area contributed by atoms with E-state index in [-0.39, 0.29) is 0 Å². The van der Waals surface area contributed by atoms with Gasteiger partial charge in [-0.05, 0) is 0 Å². The van der Waals surface area contributed by atoms with E-state index in [4.69, 9.17) is 16.2 Å². The molecule has 0 saturated carbocycles. The molecule has 0 aromatic carbocycles. The van der Waals surface area contributed by atoms with Gasteiger partial charge in [0, 0.05) is 0 Å². The number of nitrogens with one attached hydrogen (secondary N) is 1. The van der Waals surface area contributed by atoms with Crippen LogP contribution in [0, 0.1) is 5.41 Å². The molecule has 1 heterocycles. The van der Waals surface area contributed by atoms with E-state index in [1.807, 2.05) is 0 Å². The Morgan fingerprint density at radius 1 is 1.33 bits per heavy atom. The summed E-state index contributed by atoms with van der Waals surface area (Å²) in [6.45, 7) is -0.694. The van der Waals surface area contributed by atoms with Crippen LogP contribution in [0.2, 0.25) is 0 Å². The van der Waals surface area contributed by atoms with Crippen molar-refractivity contribution in [1.82, 2.24) is 0 Å². The Hall–Kier alpha value is -0.770. The van der Waals surface area contributed by atoms with Crippen LogP contribution < -0.4 is 5.73 Å². The van der Waals surface area contributed by atoms with Gasteiger partial charge in [-0.2, -0.15) is 0 Å². The van der Waals surface area contributed by atoms with Gasteiger partial charge in [-0.3, -0.25) is 5.41 Å². The van der Waals surface area contributed by atoms with Crippen molar-refractivity contribution in [3.05, 3.63) is 0 Å². The van der Waals surface area contributed by atoms with Crippen molar-refractivity contribution in [2.45, 2.75) is 30.2 Å². The second-order valence-electron chi connectivity index (χ2n) is 3.38. The van der Waals surface area contributed by atoms with Gasteiger partial charge < -0.3 is 36.0 Å². The Balaban J connectivity index is 2.97. The van der Waals surface area contributed by atoms with Crippen LogP contribution in [-0.4, -0.2) is 68.2 Å². The smallest absolute Gasteiger partial charge is 0.254 e. The predicted octanol–water partition coefficient (Wildman–Crippen LogP) is -3.92. The zero-order valence-electron chi connectivity index (χ0n) is 7.74. The van der Waals surface area contributed by atoms with Crippen LogP contribution in [0.25, 0.3) is 0 Å². The van der Waals surface area contributed by atoms with E-state index in [1.165, 1.54) is 0 Å². The quantitative estimate of drug-likeness (QED) is 0.185. The van der Waals surface area contributed by atoms with Crippen LogP contribution in [0.4, 0.5) is 0 Å². The Labute approximate surface area is 85.0 Å². The van der Waals surface area contributed by atoms with Crippen LogP contribution in [-0.2, 0) is 4.74 Å². The Bertz CT molecular complexity index is 260. The average molecular weight is 222 g/mol. The number of hydrogen-bond donors (Lipinski definition) is 7. The zero-order valence-corrected chi connectivity index (χ0v) is 7.74. The van der Waals surface area contributed by atoms with Gasteiger partial charge in [-0.15, -0.1) is 0 Å². The maximum absolute atomic E-state index is 9.60. The van der Waals surface area contributed by atoms with Crippen molar-refractivity contribution in [2.24, 2.45) is 5.73 Å². The minimum atomic E-state index is -2.59. The van der Waals surface area contributed by atoms with Gasteiger partial charge in [0.05, 0.1) is 6.61 Å². The van der Waals surface area contributed by atoms with E-state index in [1.54, 1.807) is 0 Å². The molecule has 0 aromatic heterocycles. The minimum absolute atomic E-state index is 0.694. The maximum Gasteiger partial charge on any atom is 0.254 e. The molecule has 0 spiro atoms. The van der Waals surface area contributed by atoms with E-state index in [2.05, 4.69) is 4.74 Å². The summed E-state index contributed by atoms with van der Waals surface area (Å²) in [5.74, 6) is -3.51. The third-order valence-electron chi connectivity index (χ3n) is 2.35. The summed E-state index contributed by atoms with van der Waals surface area (Å²) >= 11 is 0. The van der Waals surface area contributed by atoms with Crippen molar-refractivity contribution in [3.63, 3.8) is 0 Å². The number of hydrogen-bond acceptors (Lipinski definition) is 7. The Kier molecular flexibility index (Phi) is 3.28. The molecule has 8 N–H and O–H groups in total. The van der Waals surface area contributed by atoms with Gasteiger partial charge in [0.15, 0.2) is 5.84 Å². The van der Waals surface area contributed by atoms with Gasteiger partial charge in [-0.25, -0.2) is 0 Å². The molecule has 88 valence electrons. The molecule has 1 saturated heterocycles. The van der Waals surface area contributed by atoms with E-state index >= 15 is 0 Å². The number of nitrogens with two attached hydrogens (primary N) is 1. The second-order valence-corrected chi connectivity index (χ2v) is 3.38. The lowest BCUT2D eigenvalue weighted by Crippen LogP contribution is -2.69. The SMILES string of the molecule is N=C(N)C1(O)O[C@H](CO)[C@@H](O)[C@H](O)[C@H]1O. The summed E-state index contributed by atoms with van der Waals surface area (Å²) in [7, 11) is 0. The third kappa shape index (κ3) is 1.83. The first-order chi connectivity index (χ1) is 6.84. The molecule has 1 fully saturated rings. The van der Waals surface area contributed by atoms with E-state index in [0.29, 0.717) is 0 Å². The monoisotopic (exact) mass is 222 g/mol. The number of aliphatic hydroxyl groups excluding tert-OH is 4. The molecule has 8 heteroatoms. The Morgan fingerprint density at radius 2 is 1.87 bits per heavy atom. The molecule has 0 aromatic rings. The summed E-state index contributed by atoms with van der Waals surface area (Å²) < 4.78 is 4.68. The maximum atomic E-state index is 9.60. The van der Waals surface area contributed by atoms with Crippen molar-refractivity contribution in [3.8, 4) is 0 Å². The molecule has 1 unspecified atom stereocenters. The van der Waals surface area contributed by atoms with Crippen molar-refractivity contribution in [2.75, 3.05) is 6.61 Å². The molecule has 0 radical (unpaired) electrons. The Morgan fingerprint density at radius 3 is 2.27 bits per heavy atom. The predicted molar refractivity (Wildman–Crippen MR) is 46.8 cm³/mol. The highest BCUT2D eigenvalue weighted by Crippen LogP contribution is 2.27. The van der Waals surface area contributed by atoms with Gasteiger partial charge in [-0.1, -0.05) is 0 Å². The highest BCUT2D eigenvalue weighted by molar-refractivity contribution is 5.85. The molecule has 0 bridgehead atoms. The fourth-order valence-electron chi connectivity index (χ4n) is 1.38. The summed E-state index contributed by atoms with van der Waals surface area (Å²) in [4.78, 5) is 0. The van der Waals surface area contributed by atoms with E-state index in [9.17, 15) is 20.4 Å². The molecule has 15 heavy (non-hydrogen) atoms. The number of rotatable bonds is 2. The van der Waals surface area contributed by atoms with E-state index in [0.717, 1.165) is 0 Å². The molecule has 8 nitrogen and oxygen atoms in total. The molecule has 0 amide bonds. The summed E-state index contributed by atoms with van der Waals surface area (Å²) in [6.07, 6.45) is -6.60. The van der Waals surface area contributed by atoms with Gasteiger partial charge in [0.2, 0.25) is 0 Å². The summed E-state index contributed by atoms with van der Waals surface area (Å²) in [5, 5.41) is 53.4. The molecule has 1 rings (SSSR count). The van der Waals surface area contributed by atoms with Crippen molar-refractivity contribution >= 4 is 5.84 Å². The lowest BCUT2D eigenvalue weighted by Gasteiger charge is -2.44. The van der Waals surface area contributed by atoms with Crippen LogP contribution in [0.5, 0.6) is 0 Å². The van der Waals surface area contributed by atoms with Gasteiger partial charge >= 0.3 is 0 Å². The standard InChI is InChI=1S/C7H14N2O6/c8-6(9)7(14)5(13)4(12)3(11)2(1-10)15-7/h2-5,10-14H,1H2,(H3,8,9)/t2-,3-,4+,5-,7?/m1/s1. The lowest BCUT2D eigenvalue weighted by molar-refractivity contribution is -0.317.